The summed E-state index contributed by atoms with van der Waals surface area (Å²) < 4.78 is 27.6. The van der Waals surface area contributed by atoms with E-state index in [2.05, 4.69) is 10.1 Å². The summed E-state index contributed by atoms with van der Waals surface area (Å²) in [5.74, 6) is 0. The van der Waals surface area contributed by atoms with Crippen molar-refractivity contribution in [1.29, 1.82) is 0 Å². The summed E-state index contributed by atoms with van der Waals surface area (Å²) in [6, 6.07) is 7.50. The molecule has 24 heavy (non-hydrogen) atoms. The van der Waals surface area contributed by atoms with Gasteiger partial charge in [0.15, 0.2) is 6.04 Å². The number of hydrogen-bond acceptors (Lipinski definition) is 5. The molecule has 0 heterocycles. The SMILES string of the molecule is COP(=O)(OC)C(=[N+]=[N-])[C@H](NC(=O)OC(C)(C)C)c1ccccc1. The molecule has 1 aromatic carbocycles. The molecule has 1 amide bonds. The number of amides is 1. The van der Waals surface area contributed by atoms with Gasteiger partial charge in [0.2, 0.25) is 0 Å². The van der Waals surface area contributed by atoms with Gasteiger partial charge in [-0.3, -0.25) is 0 Å². The molecule has 0 spiro atoms. The first-order chi connectivity index (χ1) is 11.2. The predicted octanol–water partition coefficient (Wildman–Crippen LogP) is 3.37. The highest BCUT2D eigenvalue weighted by atomic mass is 31.2. The fourth-order valence-corrected chi connectivity index (χ4v) is 3.06. The summed E-state index contributed by atoms with van der Waals surface area (Å²) in [6.45, 7) is 5.13. The van der Waals surface area contributed by atoms with Gasteiger partial charge in [0.1, 0.15) is 5.60 Å². The first kappa shape index (κ1) is 20.1. The van der Waals surface area contributed by atoms with Crippen LogP contribution in [0.25, 0.3) is 5.53 Å². The lowest BCUT2D eigenvalue weighted by Crippen LogP contribution is -2.38. The van der Waals surface area contributed by atoms with E-state index in [0.717, 1.165) is 14.2 Å². The zero-order chi connectivity index (χ0) is 18.4. The minimum Gasteiger partial charge on any atom is -0.444 e. The molecular formula is C15H22N3O5P. The van der Waals surface area contributed by atoms with Gasteiger partial charge in [0, 0.05) is 14.2 Å². The molecular weight excluding hydrogens is 333 g/mol. The van der Waals surface area contributed by atoms with E-state index >= 15 is 0 Å². The molecule has 0 aliphatic carbocycles. The van der Waals surface area contributed by atoms with Crippen LogP contribution in [0.1, 0.15) is 32.4 Å². The van der Waals surface area contributed by atoms with Crippen LogP contribution in [0.3, 0.4) is 0 Å². The molecule has 132 valence electrons. The van der Waals surface area contributed by atoms with E-state index in [-0.39, 0.29) is 5.45 Å². The first-order valence-corrected chi connectivity index (χ1v) is 8.69. The lowest BCUT2D eigenvalue weighted by atomic mass is 10.1. The average molecular weight is 355 g/mol. The number of hydrogen-bond donors (Lipinski definition) is 1. The summed E-state index contributed by atoms with van der Waals surface area (Å²) in [4.78, 5) is 15.2. The molecule has 0 aromatic heterocycles. The average Bonchev–Trinajstić information content (AvgIpc) is 2.53. The van der Waals surface area contributed by atoms with E-state index in [1.807, 2.05) is 0 Å². The maximum atomic E-state index is 12.6. The highest BCUT2D eigenvalue weighted by Gasteiger charge is 2.46. The number of benzene rings is 1. The first-order valence-electron chi connectivity index (χ1n) is 7.15. The van der Waals surface area contributed by atoms with Crippen molar-refractivity contribution in [1.82, 2.24) is 5.32 Å². The van der Waals surface area contributed by atoms with Crippen LogP contribution in [-0.2, 0) is 18.3 Å². The topological polar surface area (TPSA) is 110 Å². The molecule has 1 aromatic rings. The van der Waals surface area contributed by atoms with Crippen molar-refractivity contribution in [2.45, 2.75) is 32.4 Å². The van der Waals surface area contributed by atoms with Crippen LogP contribution in [0.2, 0.25) is 0 Å². The van der Waals surface area contributed by atoms with E-state index < -0.39 is 25.3 Å². The molecule has 0 aliphatic rings. The van der Waals surface area contributed by atoms with Crippen molar-refractivity contribution in [3.63, 3.8) is 0 Å². The Hall–Kier alpha value is -1.98. The second kappa shape index (κ2) is 8.22. The van der Waals surface area contributed by atoms with E-state index in [1.165, 1.54) is 0 Å². The van der Waals surface area contributed by atoms with Crippen molar-refractivity contribution in [3.8, 4) is 0 Å². The van der Waals surface area contributed by atoms with Gasteiger partial charge in [0.05, 0.1) is 0 Å². The molecule has 0 radical (unpaired) electrons. The Kier molecular flexibility index (Phi) is 6.87. The number of carbonyl (C=O) groups excluding carboxylic acids is 1. The van der Waals surface area contributed by atoms with Crippen molar-refractivity contribution in [2.24, 2.45) is 0 Å². The summed E-state index contributed by atoms with van der Waals surface area (Å²) in [5.41, 5.74) is 8.80. The van der Waals surface area contributed by atoms with Crippen LogP contribution < -0.4 is 5.32 Å². The number of nitrogens with one attached hydrogen (secondary N) is 1. The third kappa shape index (κ3) is 5.28. The van der Waals surface area contributed by atoms with Crippen molar-refractivity contribution >= 4 is 19.1 Å². The summed E-state index contributed by atoms with van der Waals surface area (Å²) >= 11 is 0. The number of nitrogens with zero attached hydrogens (tertiary/aromatic N) is 2. The van der Waals surface area contributed by atoms with Crippen LogP contribution in [0.15, 0.2) is 30.3 Å². The third-order valence-corrected chi connectivity index (χ3v) is 4.79. The van der Waals surface area contributed by atoms with Crippen LogP contribution in [0, 0.1) is 0 Å². The van der Waals surface area contributed by atoms with Gasteiger partial charge in [-0.15, -0.1) is 0 Å². The minimum absolute atomic E-state index is 0.357. The Morgan fingerprint density at radius 2 is 1.75 bits per heavy atom. The normalized spacial score (nSPS) is 12.9. The molecule has 8 nitrogen and oxygen atoms in total. The van der Waals surface area contributed by atoms with E-state index in [9.17, 15) is 14.9 Å². The summed E-state index contributed by atoms with van der Waals surface area (Å²) in [5, 5.41) is 2.53. The van der Waals surface area contributed by atoms with E-state index in [0.29, 0.717) is 5.56 Å². The van der Waals surface area contributed by atoms with Gasteiger partial charge in [-0.1, -0.05) is 30.3 Å². The fourth-order valence-electron chi connectivity index (χ4n) is 1.90. The van der Waals surface area contributed by atoms with Crippen molar-refractivity contribution in [2.75, 3.05) is 14.2 Å². The van der Waals surface area contributed by atoms with Gasteiger partial charge in [-0.05, 0) is 26.3 Å². The van der Waals surface area contributed by atoms with Gasteiger partial charge in [0.25, 0.3) is 0 Å². The van der Waals surface area contributed by atoms with E-state index in [4.69, 9.17) is 13.8 Å². The predicted molar refractivity (Wildman–Crippen MR) is 88.8 cm³/mol. The molecule has 0 bridgehead atoms. The standard InChI is InChI=1S/C15H22N3O5P/c1-15(2,3)23-14(19)17-12(11-9-7-6-8-10-11)13(18-16)24(20,21-4)22-5/h6-10,12H,1-5H3,(H,17,19)/t12-/m1/s1. The maximum Gasteiger partial charge on any atom is 0.439 e. The largest absolute Gasteiger partial charge is 0.444 e. The van der Waals surface area contributed by atoms with Gasteiger partial charge < -0.3 is 24.6 Å². The van der Waals surface area contributed by atoms with Crippen LogP contribution >= 0.6 is 7.60 Å². The zero-order valence-corrected chi connectivity index (χ0v) is 15.2. The molecule has 0 fully saturated rings. The smallest absolute Gasteiger partial charge is 0.439 e. The Morgan fingerprint density at radius 1 is 1.21 bits per heavy atom. The van der Waals surface area contributed by atoms with Crippen molar-refractivity contribution < 1.29 is 27.9 Å². The molecule has 1 atom stereocenters. The minimum atomic E-state index is -3.89. The summed E-state index contributed by atoms with van der Waals surface area (Å²) in [7, 11) is -1.58. The Morgan fingerprint density at radius 3 is 2.17 bits per heavy atom. The maximum absolute atomic E-state index is 12.6. The number of carbonyl (C=O) groups is 1. The fraction of sp³-hybridized carbons (Fsp3) is 0.467. The molecule has 0 aliphatic heterocycles. The lowest BCUT2D eigenvalue weighted by Gasteiger charge is -2.23. The Labute approximate surface area is 141 Å². The summed E-state index contributed by atoms with van der Waals surface area (Å²) in [6.07, 6.45) is -0.767. The Bertz CT molecular complexity index is 657. The number of rotatable bonds is 6. The molecule has 0 unspecified atom stereocenters. The molecule has 1 N–H and O–H groups in total. The van der Waals surface area contributed by atoms with Crippen LogP contribution in [-0.4, -0.2) is 36.2 Å². The molecule has 0 saturated carbocycles. The highest BCUT2D eigenvalue weighted by molar-refractivity contribution is 7.72. The molecule has 0 saturated heterocycles. The number of alkyl carbamates (subject to hydrolysis) is 1. The lowest BCUT2D eigenvalue weighted by molar-refractivity contribution is -0.00973. The highest BCUT2D eigenvalue weighted by Crippen LogP contribution is 2.50. The van der Waals surface area contributed by atoms with Crippen LogP contribution in [0.4, 0.5) is 4.79 Å². The second-order valence-corrected chi connectivity index (χ2v) is 7.99. The van der Waals surface area contributed by atoms with Gasteiger partial charge in [-0.2, -0.15) is 4.79 Å². The third-order valence-electron chi connectivity index (χ3n) is 2.92. The molecule has 9 heteroatoms. The molecule has 1 rings (SSSR count). The zero-order valence-electron chi connectivity index (χ0n) is 14.3. The monoisotopic (exact) mass is 355 g/mol. The Balaban J connectivity index is 3.27. The number of ether oxygens (including phenoxy) is 1. The second-order valence-electron chi connectivity index (χ2n) is 5.81. The van der Waals surface area contributed by atoms with Crippen molar-refractivity contribution in [3.05, 3.63) is 41.4 Å². The van der Waals surface area contributed by atoms with Gasteiger partial charge in [-0.25, -0.2) is 9.36 Å². The van der Waals surface area contributed by atoms with Crippen LogP contribution in [0.5, 0.6) is 0 Å². The quantitative estimate of drug-likeness (QED) is 0.364. The van der Waals surface area contributed by atoms with E-state index in [1.54, 1.807) is 51.1 Å². The van der Waals surface area contributed by atoms with Gasteiger partial charge >= 0.3 is 19.1 Å².